The summed E-state index contributed by atoms with van der Waals surface area (Å²) >= 11 is 13.0. The van der Waals surface area contributed by atoms with Gasteiger partial charge in [0.25, 0.3) is 5.91 Å². The number of hydrogen-bond donors (Lipinski definition) is 1. The lowest BCUT2D eigenvalue weighted by Gasteiger charge is -2.47. The molecular formula is C30H30Cl2N4O3. The third kappa shape index (κ3) is 5.71. The van der Waals surface area contributed by atoms with Crippen molar-refractivity contribution in [2.75, 3.05) is 7.05 Å². The molecule has 3 aromatic rings. The quantitative estimate of drug-likeness (QED) is 0.262. The molecule has 0 unspecified atom stereocenters. The average molecular weight is 566 g/mol. The lowest BCUT2D eigenvalue weighted by atomic mass is 9.77. The van der Waals surface area contributed by atoms with Crippen LogP contribution in [0.15, 0.2) is 78.0 Å². The molecule has 1 aliphatic heterocycles. The SMILES string of the molecule is CN(Cc1ccccc1)NC(=O)[C@@H]1c2ccccc2C(=O)N(C2CCC(N=O)CC2)[C@H]1c1ccc(Cl)cc1Cl. The molecule has 1 heterocycles. The van der Waals surface area contributed by atoms with Crippen molar-refractivity contribution in [3.05, 3.63) is 110 Å². The molecule has 202 valence electrons. The van der Waals surface area contributed by atoms with Crippen LogP contribution in [0.2, 0.25) is 10.0 Å². The molecule has 2 amide bonds. The van der Waals surface area contributed by atoms with Crippen molar-refractivity contribution in [3.8, 4) is 0 Å². The Morgan fingerprint density at radius 3 is 2.36 bits per heavy atom. The number of hydrogen-bond acceptors (Lipinski definition) is 5. The molecule has 9 heteroatoms. The molecule has 0 radical (unpaired) electrons. The van der Waals surface area contributed by atoms with Gasteiger partial charge in [0, 0.05) is 35.2 Å². The van der Waals surface area contributed by atoms with Gasteiger partial charge in [-0.05, 0) is 60.6 Å². The number of halogens is 2. The van der Waals surface area contributed by atoms with Crippen LogP contribution in [0.1, 0.15) is 64.7 Å². The first-order chi connectivity index (χ1) is 18.9. The molecule has 5 rings (SSSR count). The molecule has 0 aromatic heterocycles. The Morgan fingerprint density at radius 2 is 1.67 bits per heavy atom. The van der Waals surface area contributed by atoms with Crippen molar-refractivity contribution in [2.45, 2.75) is 56.3 Å². The van der Waals surface area contributed by atoms with Crippen molar-refractivity contribution in [1.82, 2.24) is 15.3 Å². The second-order valence-electron chi connectivity index (χ2n) is 10.3. The normalized spacial score (nSPS) is 22.9. The van der Waals surface area contributed by atoms with Crippen LogP contribution in [0, 0.1) is 4.91 Å². The van der Waals surface area contributed by atoms with E-state index in [1.54, 1.807) is 29.3 Å². The molecule has 2 aliphatic rings. The monoisotopic (exact) mass is 564 g/mol. The Labute approximate surface area is 238 Å². The third-order valence-electron chi connectivity index (χ3n) is 7.71. The van der Waals surface area contributed by atoms with Crippen molar-refractivity contribution in [3.63, 3.8) is 0 Å². The van der Waals surface area contributed by atoms with Gasteiger partial charge in [0.15, 0.2) is 0 Å². The van der Waals surface area contributed by atoms with Crippen LogP contribution in [0.4, 0.5) is 0 Å². The number of rotatable bonds is 7. The smallest absolute Gasteiger partial charge is 0.254 e. The molecule has 7 nitrogen and oxygen atoms in total. The van der Waals surface area contributed by atoms with E-state index in [9.17, 15) is 14.5 Å². The van der Waals surface area contributed by atoms with Gasteiger partial charge in [0.05, 0.1) is 18.0 Å². The number of fused-ring (bicyclic) bond motifs is 1. The maximum Gasteiger partial charge on any atom is 0.254 e. The van der Waals surface area contributed by atoms with E-state index in [2.05, 4.69) is 10.6 Å². The molecule has 1 saturated carbocycles. The Kier molecular flexibility index (Phi) is 8.31. The number of benzene rings is 3. The van der Waals surface area contributed by atoms with E-state index in [1.165, 1.54) is 0 Å². The molecule has 1 fully saturated rings. The van der Waals surface area contributed by atoms with E-state index >= 15 is 0 Å². The fourth-order valence-electron chi connectivity index (χ4n) is 5.90. The Bertz CT molecular complexity index is 1360. The third-order valence-corrected chi connectivity index (χ3v) is 8.27. The molecule has 1 N–H and O–H groups in total. The van der Waals surface area contributed by atoms with Gasteiger partial charge in [-0.25, -0.2) is 5.01 Å². The van der Waals surface area contributed by atoms with Gasteiger partial charge in [-0.15, -0.1) is 0 Å². The van der Waals surface area contributed by atoms with E-state index < -0.39 is 12.0 Å². The Balaban J connectivity index is 1.57. The summed E-state index contributed by atoms with van der Waals surface area (Å²) in [5, 5.41) is 5.85. The highest BCUT2D eigenvalue weighted by Gasteiger charge is 2.48. The minimum Gasteiger partial charge on any atom is -0.327 e. The zero-order valence-electron chi connectivity index (χ0n) is 21.6. The number of carbonyl (C=O) groups excluding carboxylic acids is 2. The average Bonchev–Trinajstić information content (AvgIpc) is 2.93. The van der Waals surface area contributed by atoms with Gasteiger partial charge in [-0.2, -0.15) is 4.91 Å². The summed E-state index contributed by atoms with van der Waals surface area (Å²) in [4.78, 5) is 41.2. The first-order valence-corrected chi connectivity index (χ1v) is 13.9. The highest BCUT2D eigenvalue weighted by molar-refractivity contribution is 6.35. The fraction of sp³-hybridized carbons (Fsp3) is 0.333. The zero-order chi connectivity index (χ0) is 27.5. The number of amides is 2. The predicted molar refractivity (Wildman–Crippen MR) is 152 cm³/mol. The molecule has 0 bridgehead atoms. The Hall–Kier alpha value is -3.26. The van der Waals surface area contributed by atoms with Gasteiger partial charge in [-0.3, -0.25) is 15.0 Å². The second kappa shape index (κ2) is 11.9. The van der Waals surface area contributed by atoms with Crippen LogP contribution in [0.5, 0.6) is 0 Å². The van der Waals surface area contributed by atoms with E-state index in [-0.39, 0.29) is 23.9 Å². The zero-order valence-corrected chi connectivity index (χ0v) is 23.1. The summed E-state index contributed by atoms with van der Waals surface area (Å²) in [7, 11) is 1.82. The number of nitrogens with one attached hydrogen (secondary N) is 1. The minimum atomic E-state index is -0.724. The van der Waals surface area contributed by atoms with Gasteiger partial charge in [-0.1, -0.05) is 83.0 Å². The predicted octanol–water partition coefficient (Wildman–Crippen LogP) is 6.51. The molecule has 0 saturated heterocycles. The first-order valence-electron chi connectivity index (χ1n) is 13.1. The number of nitrogens with zero attached hydrogens (tertiary/aromatic N) is 3. The second-order valence-corrected chi connectivity index (χ2v) is 11.1. The van der Waals surface area contributed by atoms with Crippen LogP contribution in [-0.4, -0.2) is 40.9 Å². The van der Waals surface area contributed by atoms with Gasteiger partial charge in [0.2, 0.25) is 5.91 Å². The number of nitroso groups, excluding NO2 is 1. The summed E-state index contributed by atoms with van der Waals surface area (Å²) in [5.41, 5.74) is 5.92. The maximum absolute atomic E-state index is 14.1. The van der Waals surface area contributed by atoms with Crippen molar-refractivity contribution >= 4 is 35.0 Å². The number of carbonyl (C=O) groups is 2. The standard InChI is InChI=1S/C30H30Cl2N4O3/c1-35(18-19-7-3-2-4-8-19)33-29(37)27-23-9-5-6-10-24(23)30(38)36(22-14-12-21(34-39)13-15-22)28(27)25-16-11-20(31)17-26(25)32/h2-11,16-17,21-22,27-28H,12-15,18H2,1H3,(H,33,37)/t21?,22?,27-,28+/m1/s1. The maximum atomic E-state index is 14.1. The summed E-state index contributed by atoms with van der Waals surface area (Å²) in [5.74, 6) is -1.11. The largest absolute Gasteiger partial charge is 0.327 e. The van der Waals surface area contributed by atoms with Gasteiger partial charge in [0.1, 0.15) is 0 Å². The van der Waals surface area contributed by atoms with Gasteiger partial charge >= 0.3 is 0 Å². The summed E-state index contributed by atoms with van der Waals surface area (Å²) in [6, 6.07) is 21.2. The van der Waals surface area contributed by atoms with Crippen LogP contribution >= 0.6 is 23.2 Å². The fourth-order valence-corrected chi connectivity index (χ4v) is 6.42. The van der Waals surface area contributed by atoms with Crippen LogP contribution in [0.25, 0.3) is 0 Å². The van der Waals surface area contributed by atoms with E-state index in [0.717, 1.165) is 5.56 Å². The highest BCUT2D eigenvalue weighted by Crippen LogP contribution is 2.47. The summed E-state index contributed by atoms with van der Waals surface area (Å²) in [6.07, 6.45) is 2.43. The lowest BCUT2D eigenvalue weighted by molar-refractivity contribution is -0.129. The van der Waals surface area contributed by atoms with Crippen LogP contribution in [-0.2, 0) is 11.3 Å². The van der Waals surface area contributed by atoms with Crippen molar-refractivity contribution in [2.24, 2.45) is 5.18 Å². The van der Waals surface area contributed by atoms with E-state index in [4.69, 9.17) is 23.2 Å². The van der Waals surface area contributed by atoms with Crippen molar-refractivity contribution in [1.29, 1.82) is 0 Å². The molecule has 3 aromatic carbocycles. The van der Waals surface area contributed by atoms with Crippen LogP contribution < -0.4 is 5.43 Å². The Morgan fingerprint density at radius 1 is 0.974 bits per heavy atom. The van der Waals surface area contributed by atoms with Crippen LogP contribution in [0.3, 0.4) is 0 Å². The molecule has 2 atom stereocenters. The van der Waals surface area contributed by atoms with E-state index in [0.29, 0.717) is 59.0 Å². The van der Waals surface area contributed by atoms with E-state index in [1.807, 2.05) is 60.5 Å². The number of hydrazine groups is 1. The molecule has 39 heavy (non-hydrogen) atoms. The highest BCUT2D eigenvalue weighted by atomic mass is 35.5. The first kappa shape index (κ1) is 27.3. The molecule has 1 aliphatic carbocycles. The summed E-state index contributed by atoms with van der Waals surface area (Å²) in [6.45, 7) is 0.513. The minimum absolute atomic E-state index is 0.147. The lowest BCUT2D eigenvalue weighted by Crippen LogP contribution is -2.53. The van der Waals surface area contributed by atoms with Gasteiger partial charge < -0.3 is 4.90 Å². The summed E-state index contributed by atoms with van der Waals surface area (Å²) < 4.78 is 0. The van der Waals surface area contributed by atoms with Crippen molar-refractivity contribution < 1.29 is 9.59 Å². The molecular weight excluding hydrogens is 535 g/mol. The molecule has 0 spiro atoms. The topological polar surface area (TPSA) is 82.1 Å².